The number of halogens is 1. The van der Waals surface area contributed by atoms with Crippen LogP contribution in [0.4, 0.5) is 0 Å². The minimum Gasteiger partial charge on any atom is -1.00 e. The smallest absolute Gasteiger partial charge is 0.0616 e. The van der Waals surface area contributed by atoms with Gasteiger partial charge in [0.25, 0.3) is 0 Å². The van der Waals surface area contributed by atoms with Crippen molar-refractivity contribution in [2.75, 3.05) is 44.5 Å². The lowest BCUT2D eigenvalue weighted by atomic mass is 10.0. The maximum atomic E-state index is 9.29. The third-order valence-corrected chi connectivity index (χ3v) is 11.4. The van der Waals surface area contributed by atoms with Gasteiger partial charge >= 0.3 is 0 Å². The average molecular weight is 469 g/mol. The molecule has 0 atom stereocenters. The van der Waals surface area contributed by atoms with E-state index < -0.39 is 7.26 Å². The van der Waals surface area contributed by atoms with Crippen LogP contribution in [0.3, 0.4) is 0 Å². The Morgan fingerprint density at radius 3 is 0.967 bits per heavy atom. The molecule has 0 unspecified atom stereocenters. The van der Waals surface area contributed by atoms with Gasteiger partial charge in [-0.15, -0.1) is 0 Å². The SMILES string of the molecule is CCCCCCCCCCCCCCCC[P+](CCCO)(CCCO)CCCO.[Cl-]. The van der Waals surface area contributed by atoms with Crippen LogP contribution in [0.15, 0.2) is 0 Å². The Balaban J connectivity index is 0. The number of unbranched alkanes of at least 4 members (excludes halogenated alkanes) is 13. The summed E-state index contributed by atoms with van der Waals surface area (Å²) in [5, 5.41) is 27.9. The molecular weight excluding hydrogens is 415 g/mol. The fraction of sp³-hybridized carbons (Fsp3) is 1.00. The van der Waals surface area contributed by atoms with Crippen LogP contribution in [0.2, 0.25) is 0 Å². The molecule has 3 N–H and O–H groups in total. The Bertz CT molecular complexity index is 297. The van der Waals surface area contributed by atoms with Gasteiger partial charge in [-0.25, -0.2) is 0 Å². The third kappa shape index (κ3) is 20.5. The standard InChI is InChI=1S/C25H54O3P.ClH/c1-2-3-4-5-6-7-8-9-10-11-12-13-14-15-22-29(23-16-19-26,24-17-20-27)25-18-21-28;/h26-28H,2-25H2,1H3;1H/q+1;/p-1. The summed E-state index contributed by atoms with van der Waals surface area (Å²) in [6.07, 6.45) is 26.9. The van der Waals surface area contributed by atoms with E-state index in [0.29, 0.717) is 0 Å². The molecule has 5 heteroatoms. The van der Waals surface area contributed by atoms with Crippen molar-refractivity contribution in [3.8, 4) is 0 Å². The van der Waals surface area contributed by atoms with Gasteiger partial charge in [0.1, 0.15) is 0 Å². The van der Waals surface area contributed by atoms with Crippen molar-refractivity contribution in [3.63, 3.8) is 0 Å². The number of rotatable bonds is 24. The van der Waals surface area contributed by atoms with Crippen molar-refractivity contribution in [3.05, 3.63) is 0 Å². The zero-order valence-electron chi connectivity index (χ0n) is 20.1. The normalized spacial score (nSPS) is 11.6. The predicted octanol–water partition coefficient (Wildman–Crippen LogP) is 3.64. The lowest BCUT2D eigenvalue weighted by Crippen LogP contribution is -3.00. The van der Waals surface area contributed by atoms with Gasteiger partial charge < -0.3 is 27.7 Å². The van der Waals surface area contributed by atoms with Gasteiger partial charge in [-0.05, 0) is 12.8 Å². The second-order valence-electron chi connectivity index (χ2n) is 9.06. The highest BCUT2D eigenvalue weighted by Gasteiger charge is 2.34. The molecule has 0 heterocycles. The zero-order valence-corrected chi connectivity index (χ0v) is 21.8. The second-order valence-corrected chi connectivity index (χ2v) is 13.5. The molecule has 0 aliphatic heterocycles. The Morgan fingerprint density at radius 1 is 0.400 bits per heavy atom. The molecule has 0 amide bonds. The van der Waals surface area contributed by atoms with Crippen molar-refractivity contribution in [1.29, 1.82) is 0 Å². The lowest BCUT2D eigenvalue weighted by Gasteiger charge is -2.27. The van der Waals surface area contributed by atoms with E-state index in [-0.39, 0.29) is 32.2 Å². The highest BCUT2D eigenvalue weighted by molar-refractivity contribution is 7.75. The Morgan fingerprint density at radius 2 is 0.667 bits per heavy atom. The van der Waals surface area contributed by atoms with Crippen molar-refractivity contribution in [2.45, 2.75) is 116 Å². The van der Waals surface area contributed by atoms with Crippen LogP contribution in [0.5, 0.6) is 0 Å². The molecule has 0 aliphatic rings. The van der Waals surface area contributed by atoms with Crippen LogP contribution in [-0.4, -0.2) is 59.8 Å². The van der Waals surface area contributed by atoms with Gasteiger partial charge in [0.15, 0.2) is 0 Å². The Kier molecular flexibility index (Phi) is 28.3. The van der Waals surface area contributed by atoms with Gasteiger partial charge in [0.05, 0.1) is 24.6 Å². The lowest BCUT2D eigenvalue weighted by molar-refractivity contribution is -0.00000963. The minimum absolute atomic E-state index is 0. The van der Waals surface area contributed by atoms with E-state index >= 15 is 0 Å². The molecule has 0 aromatic carbocycles. The molecule has 0 bridgehead atoms. The average Bonchev–Trinajstić information content (AvgIpc) is 2.74. The quantitative estimate of drug-likeness (QED) is 0.150. The van der Waals surface area contributed by atoms with Crippen LogP contribution in [0.25, 0.3) is 0 Å². The topological polar surface area (TPSA) is 60.7 Å². The van der Waals surface area contributed by atoms with Crippen LogP contribution in [0, 0.1) is 0 Å². The molecule has 0 spiro atoms. The largest absolute Gasteiger partial charge is 1.00 e. The van der Waals surface area contributed by atoms with Gasteiger partial charge in [0, 0.05) is 46.3 Å². The van der Waals surface area contributed by atoms with E-state index in [9.17, 15) is 15.3 Å². The maximum absolute atomic E-state index is 9.29. The molecule has 0 fully saturated rings. The first-order valence-electron chi connectivity index (χ1n) is 12.9. The number of hydrogen-bond donors (Lipinski definition) is 3. The van der Waals surface area contributed by atoms with Crippen LogP contribution in [-0.2, 0) is 0 Å². The zero-order chi connectivity index (χ0) is 21.5. The van der Waals surface area contributed by atoms with Crippen molar-refractivity contribution in [1.82, 2.24) is 0 Å². The van der Waals surface area contributed by atoms with E-state index in [1.54, 1.807) is 0 Å². The van der Waals surface area contributed by atoms with Crippen LogP contribution < -0.4 is 12.4 Å². The number of aliphatic hydroxyl groups is 3. The molecule has 0 aromatic heterocycles. The van der Waals surface area contributed by atoms with Crippen molar-refractivity contribution < 1.29 is 27.7 Å². The molecule has 30 heavy (non-hydrogen) atoms. The van der Waals surface area contributed by atoms with Crippen LogP contribution in [0.1, 0.15) is 116 Å². The molecule has 0 aliphatic carbocycles. The van der Waals surface area contributed by atoms with Crippen molar-refractivity contribution >= 4 is 7.26 Å². The van der Waals surface area contributed by atoms with Gasteiger partial charge in [-0.3, -0.25) is 0 Å². The van der Waals surface area contributed by atoms with E-state index in [0.717, 1.165) is 37.7 Å². The summed E-state index contributed by atoms with van der Waals surface area (Å²) in [5.74, 6) is 0. The molecule has 0 rings (SSSR count). The third-order valence-electron chi connectivity index (χ3n) is 6.36. The maximum Gasteiger partial charge on any atom is 0.0616 e. The molecular formula is C25H54ClO3P. The highest BCUT2D eigenvalue weighted by Crippen LogP contribution is 2.60. The predicted molar refractivity (Wildman–Crippen MR) is 132 cm³/mol. The number of hydrogen-bond acceptors (Lipinski definition) is 3. The van der Waals surface area contributed by atoms with Gasteiger partial charge in [-0.2, -0.15) is 0 Å². The van der Waals surface area contributed by atoms with Gasteiger partial charge in [-0.1, -0.05) is 84.0 Å². The fourth-order valence-corrected chi connectivity index (χ4v) is 9.20. The summed E-state index contributed by atoms with van der Waals surface area (Å²) in [6, 6.07) is 0. The summed E-state index contributed by atoms with van der Waals surface area (Å²) in [6.45, 7) is 3.11. The van der Waals surface area contributed by atoms with Crippen molar-refractivity contribution in [2.24, 2.45) is 0 Å². The second kappa shape index (κ2) is 25.9. The molecule has 3 nitrogen and oxygen atoms in total. The first kappa shape index (κ1) is 32.8. The monoisotopic (exact) mass is 468 g/mol. The summed E-state index contributed by atoms with van der Waals surface area (Å²) < 4.78 is 0. The molecule has 0 saturated carbocycles. The molecule has 0 aromatic rings. The van der Waals surface area contributed by atoms with E-state index in [1.807, 2.05) is 0 Å². The van der Waals surface area contributed by atoms with E-state index in [1.165, 1.54) is 96.1 Å². The summed E-state index contributed by atoms with van der Waals surface area (Å²) in [4.78, 5) is 0. The molecule has 0 radical (unpaired) electrons. The minimum atomic E-state index is -1.11. The van der Waals surface area contributed by atoms with Gasteiger partial charge in [0.2, 0.25) is 0 Å². The Hall–Kier alpha value is 0.600. The first-order chi connectivity index (χ1) is 14.2. The van der Waals surface area contributed by atoms with Crippen LogP contribution >= 0.6 is 7.26 Å². The fourth-order valence-electron chi connectivity index (χ4n) is 4.53. The summed E-state index contributed by atoms with van der Waals surface area (Å²) >= 11 is 0. The molecule has 184 valence electrons. The number of aliphatic hydroxyl groups excluding tert-OH is 3. The summed E-state index contributed by atoms with van der Waals surface area (Å²) in [5.41, 5.74) is 0. The van der Waals surface area contributed by atoms with E-state index in [4.69, 9.17) is 0 Å². The first-order valence-corrected chi connectivity index (χ1v) is 15.5. The highest BCUT2D eigenvalue weighted by atomic mass is 35.5. The Labute approximate surface area is 195 Å². The summed E-state index contributed by atoms with van der Waals surface area (Å²) in [7, 11) is -1.11. The van der Waals surface area contributed by atoms with E-state index in [2.05, 4.69) is 6.92 Å². The molecule has 0 saturated heterocycles.